The molecule has 0 aliphatic heterocycles. The van der Waals surface area contributed by atoms with E-state index in [2.05, 4.69) is 63.8 Å². The van der Waals surface area contributed by atoms with Gasteiger partial charge in [0.1, 0.15) is 18.0 Å². The summed E-state index contributed by atoms with van der Waals surface area (Å²) in [4.78, 5) is 8.87. The van der Waals surface area contributed by atoms with Gasteiger partial charge in [-0.3, -0.25) is 4.98 Å². The van der Waals surface area contributed by atoms with Crippen LogP contribution in [-0.4, -0.2) is 37.7 Å². The van der Waals surface area contributed by atoms with Gasteiger partial charge in [-0.1, -0.05) is 38.1 Å². The Morgan fingerprint density at radius 1 is 1.11 bits per heavy atom. The van der Waals surface area contributed by atoms with Crippen molar-refractivity contribution in [3.63, 3.8) is 0 Å². The topological polar surface area (TPSA) is 141 Å². The average molecular weight is 626 g/mol. The van der Waals surface area contributed by atoms with Gasteiger partial charge in [-0.2, -0.15) is 23.7 Å². The Balaban J connectivity index is 1.52. The number of nitrogens with zero attached hydrogens (tertiary/aromatic N) is 7. The summed E-state index contributed by atoms with van der Waals surface area (Å²) in [7, 11) is 0. The number of benzene rings is 2. The summed E-state index contributed by atoms with van der Waals surface area (Å²) in [5, 5.41) is 35.4. The van der Waals surface area contributed by atoms with E-state index in [9.17, 15) is 23.7 Å². The van der Waals surface area contributed by atoms with Gasteiger partial charge in [0.25, 0.3) is 0 Å². The maximum atomic E-state index is 14.0. The van der Waals surface area contributed by atoms with E-state index in [1.165, 1.54) is 24.9 Å². The fourth-order valence-electron chi connectivity index (χ4n) is 5.51. The van der Waals surface area contributed by atoms with Crippen molar-refractivity contribution in [3.8, 4) is 23.6 Å². The Hall–Kier alpha value is -5.43. The maximum Gasteiger partial charge on any atom is 0.413 e. The van der Waals surface area contributed by atoms with Crippen LogP contribution in [0.2, 0.25) is 0 Å². The van der Waals surface area contributed by atoms with Crippen molar-refractivity contribution < 1.29 is 17.6 Å². The molecule has 5 aromatic rings. The minimum absolute atomic E-state index is 0.0829. The second-order valence-electron chi connectivity index (χ2n) is 12.7. The molecule has 3 aromatic heterocycles. The van der Waals surface area contributed by atoms with E-state index < -0.39 is 17.8 Å². The van der Waals surface area contributed by atoms with Crippen LogP contribution in [0.1, 0.15) is 67.6 Å². The fourth-order valence-corrected chi connectivity index (χ4v) is 5.51. The molecule has 234 valence electrons. The first-order valence-electron chi connectivity index (χ1n) is 14.6. The zero-order valence-electron chi connectivity index (χ0n) is 25.6. The number of fused-ring (bicyclic) bond motifs is 1. The van der Waals surface area contributed by atoms with Crippen molar-refractivity contribution in [3.05, 3.63) is 83.1 Å². The van der Waals surface area contributed by atoms with Gasteiger partial charge in [-0.15, -0.1) is 5.10 Å². The summed E-state index contributed by atoms with van der Waals surface area (Å²) in [6, 6.07) is 12.3. The van der Waals surface area contributed by atoms with E-state index in [-0.39, 0.29) is 24.0 Å². The highest BCUT2D eigenvalue weighted by atomic mass is 19.4. The van der Waals surface area contributed by atoms with E-state index in [0.717, 1.165) is 10.2 Å². The average Bonchev–Trinajstić information content (AvgIpc) is 3.41. The van der Waals surface area contributed by atoms with Gasteiger partial charge in [-0.05, 0) is 54.5 Å². The summed E-state index contributed by atoms with van der Waals surface area (Å²) in [5.74, 6) is 0.382. The molecule has 0 saturated heterocycles. The number of halogens is 3. The number of aromatic nitrogens is 5. The van der Waals surface area contributed by atoms with Gasteiger partial charge in [0.05, 0.1) is 52.5 Å². The molecule has 1 fully saturated rings. The van der Waals surface area contributed by atoms with Crippen molar-refractivity contribution in [2.75, 3.05) is 17.2 Å². The number of alkyl halides is 3. The Morgan fingerprint density at radius 2 is 1.89 bits per heavy atom. The molecule has 1 atom stereocenters. The number of hydrogen-bond donors (Lipinski definition) is 2. The maximum absolute atomic E-state index is 14.0. The van der Waals surface area contributed by atoms with Crippen molar-refractivity contribution in [2.24, 2.45) is 5.41 Å². The monoisotopic (exact) mass is 625 g/mol. The highest BCUT2D eigenvalue weighted by Gasteiger charge is 2.66. The number of nitriles is 2. The molecule has 13 heteroatoms. The normalized spacial score (nSPS) is 14.8. The van der Waals surface area contributed by atoms with Crippen molar-refractivity contribution >= 4 is 22.3 Å². The summed E-state index contributed by atoms with van der Waals surface area (Å²) >= 11 is 0. The minimum Gasteiger partial charge on any atom is -0.445 e. The van der Waals surface area contributed by atoms with Crippen LogP contribution < -0.4 is 10.6 Å². The Labute approximate surface area is 262 Å². The van der Waals surface area contributed by atoms with Crippen LogP contribution in [0, 0.1) is 35.0 Å². The number of anilines is 2. The van der Waals surface area contributed by atoms with Gasteiger partial charge < -0.3 is 15.1 Å². The Morgan fingerprint density at radius 3 is 2.52 bits per heavy atom. The fraction of sp³-hybridized carbons (Fsp3) is 0.333. The number of oxazole rings is 1. The molecule has 0 radical (unpaired) electrons. The predicted octanol–water partition coefficient (Wildman–Crippen LogP) is 7.24. The van der Waals surface area contributed by atoms with Gasteiger partial charge >= 0.3 is 6.18 Å². The molecule has 6 rings (SSSR count). The van der Waals surface area contributed by atoms with Gasteiger partial charge in [0.2, 0.25) is 5.89 Å². The molecule has 2 aromatic carbocycles. The molecule has 0 amide bonds. The third kappa shape index (κ3) is 5.49. The van der Waals surface area contributed by atoms with Gasteiger partial charge in [0.15, 0.2) is 5.54 Å². The first kappa shape index (κ1) is 30.6. The Kier molecular flexibility index (Phi) is 7.43. The molecule has 46 heavy (non-hydrogen) atoms. The second kappa shape index (κ2) is 11.2. The third-order valence-electron chi connectivity index (χ3n) is 8.16. The van der Waals surface area contributed by atoms with E-state index >= 15 is 0 Å². The summed E-state index contributed by atoms with van der Waals surface area (Å²) in [6.45, 7) is 8.57. The number of nitrogens with one attached hydrogen (secondary N) is 2. The molecule has 10 nitrogen and oxygen atoms in total. The molecule has 2 N–H and O–H groups in total. The number of pyridine rings is 1. The van der Waals surface area contributed by atoms with E-state index in [1.54, 1.807) is 18.2 Å². The largest absolute Gasteiger partial charge is 0.445 e. The minimum atomic E-state index is -4.49. The molecule has 1 saturated carbocycles. The highest BCUT2D eigenvalue weighted by molar-refractivity contribution is 6.01. The zero-order valence-corrected chi connectivity index (χ0v) is 25.6. The molecule has 1 aliphatic rings. The molecular weight excluding hydrogens is 595 g/mol. The summed E-state index contributed by atoms with van der Waals surface area (Å²) in [5.41, 5.74) is 2.18. The van der Waals surface area contributed by atoms with E-state index in [1.807, 2.05) is 19.1 Å². The van der Waals surface area contributed by atoms with Crippen molar-refractivity contribution in [1.82, 2.24) is 25.0 Å². The molecule has 1 aliphatic carbocycles. The predicted molar refractivity (Wildman–Crippen MR) is 165 cm³/mol. The highest BCUT2D eigenvalue weighted by Crippen LogP contribution is 2.55. The second-order valence-corrected chi connectivity index (χ2v) is 12.7. The molecule has 3 heterocycles. The Bertz CT molecular complexity index is 2010. The number of rotatable bonds is 8. The lowest BCUT2D eigenvalue weighted by Crippen LogP contribution is -2.35. The molecule has 0 bridgehead atoms. The molecule has 0 spiro atoms. The zero-order chi connectivity index (χ0) is 32.9. The smallest absolute Gasteiger partial charge is 0.413 e. The lowest BCUT2D eigenvalue weighted by Gasteiger charge is -2.24. The van der Waals surface area contributed by atoms with Crippen LogP contribution in [0.25, 0.3) is 22.4 Å². The van der Waals surface area contributed by atoms with E-state index in [4.69, 9.17) is 4.42 Å². The van der Waals surface area contributed by atoms with Crippen LogP contribution in [-0.2, 0) is 5.54 Å². The van der Waals surface area contributed by atoms with E-state index in [0.29, 0.717) is 57.0 Å². The van der Waals surface area contributed by atoms with Crippen LogP contribution >= 0.6 is 0 Å². The molecule has 0 unspecified atom stereocenters. The molecular formula is C33H30F3N9O. The van der Waals surface area contributed by atoms with Crippen LogP contribution in [0.4, 0.5) is 24.5 Å². The number of hydrogen-bond acceptors (Lipinski definition) is 9. The third-order valence-corrected chi connectivity index (χ3v) is 8.16. The summed E-state index contributed by atoms with van der Waals surface area (Å²) < 4.78 is 48.6. The van der Waals surface area contributed by atoms with Crippen LogP contribution in [0.3, 0.4) is 0 Å². The van der Waals surface area contributed by atoms with Crippen molar-refractivity contribution in [1.29, 1.82) is 10.5 Å². The lowest BCUT2D eigenvalue weighted by atomic mass is 9.94. The van der Waals surface area contributed by atoms with Gasteiger partial charge in [-0.25, -0.2) is 9.67 Å². The van der Waals surface area contributed by atoms with Crippen LogP contribution in [0.15, 0.2) is 59.6 Å². The van der Waals surface area contributed by atoms with Gasteiger partial charge in [0, 0.05) is 23.7 Å². The standard InChI is InChI=1S/C33H30F3N9O/c1-19-22(6-5-7-23(19)30-39-10-11-46-30)29(26-17-45(44-43-26)32(8-9-32)33(34,35)36)42-25-13-20(14-37)12-24-27(41-18-31(2,3)4)21(15-38)16-40-28(24)25/h5-7,10-13,16-17,29,42H,8-9,18H2,1-4H3,(H,40,41)/t29-/m0/s1. The first-order valence-corrected chi connectivity index (χ1v) is 14.6. The first-order chi connectivity index (χ1) is 21.8. The SMILES string of the molecule is Cc1c(-c2ncco2)cccc1[C@H](Nc1cc(C#N)cc2c(NCC(C)(C)C)c(C#N)cnc12)c1cn(C2(C(F)(F)F)CC2)nn1. The van der Waals surface area contributed by atoms with Crippen molar-refractivity contribution in [2.45, 2.75) is 58.3 Å². The van der Waals surface area contributed by atoms with Crippen LogP contribution in [0.5, 0.6) is 0 Å². The summed E-state index contributed by atoms with van der Waals surface area (Å²) in [6.07, 6.45) is 1.12. The lowest BCUT2D eigenvalue weighted by molar-refractivity contribution is -0.182. The quantitative estimate of drug-likeness (QED) is 0.182.